The second-order valence-corrected chi connectivity index (χ2v) is 7.87. The fourth-order valence-corrected chi connectivity index (χ4v) is 4.32. The van der Waals surface area contributed by atoms with Crippen molar-refractivity contribution < 1.29 is 9.47 Å². The number of benzene rings is 1. The van der Waals surface area contributed by atoms with Crippen molar-refractivity contribution in [1.29, 1.82) is 0 Å². The summed E-state index contributed by atoms with van der Waals surface area (Å²) in [7, 11) is 1.70. The SMILES string of the molecule is CCC(CC)Nc1c2c(nc3c(-c4c(C)cc(OC)cc4C)c(C)nn13)COC2. The highest BCUT2D eigenvalue weighted by atomic mass is 16.5. The van der Waals surface area contributed by atoms with E-state index in [2.05, 4.69) is 52.1 Å². The van der Waals surface area contributed by atoms with Crippen LogP contribution in [0.2, 0.25) is 0 Å². The number of hydrogen-bond acceptors (Lipinski definition) is 5. The Morgan fingerprint density at radius 2 is 1.79 bits per heavy atom. The third kappa shape index (κ3) is 3.25. The van der Waals surface area contributed by atoms with Gasteiger partial charge in [-0.1, -0.05) is 13.8 Å². The van der Waals surface area contributed by atoms with Gasteiger partial charge in [0.1, 0.15) is 11.6 Å². The molecule has 6 nitrogen and oxygen atoms in total. The topological polar surface area (TPSA) is 60.7 Å². The van der Waals surface area contributed by atoms with Gasteiger partial charge >= 0.3 is 0 Å². The van der Waals surface area contributed by atoms with Gasteiger partial charge < -0.3 is 14.8 Å². The molecule has 1 aliphatic rings. The van der Waals surface area contributed by atoms with Gasteiger partial charge in [-0.05, 0) is 62.4 Å². The second kappa shape index (κ2) is 7.67. The van der Waals surface area contributed by atoms with Crippen LogP contribution in [0.3, 0.4) is 0 Å². The molecule has 0 radical (unpaired) electrons. The third-order valence-electron chi connectivity index (χ3n) is 5.93. The van der Waals surface area contributed by atoms with Crippen molar-refractivity contribution in [3.63, 3.8) is 0 Å². The maximum absolute atomic E-state index is 5.74. The van der Waals surface area contributed by atoms with Gasteiger partial charge in [0.25, 0.3) is 0 Å². The second-order valence-electron chi connectivity index (χ2n) is 7.87. The minimum atomic E-state index is 0.391. The zero-order valence-electron chi connectivity index (χ0n) is 18.2. The average molecular weight is 395 g/mol. The number of anilines is 1. The molecule has 0 fully saturated rings. The van der Waals surface area contributed by atoms with Gasteiger partial charge in [0.15, 0.2) is 5.65 Å². The number of rotatable bonds is 6. The van der Waals surface area contributed by atoms with E-state index in [4.69, 9.17) is 19.6 Å². The molecule has 2 aromatic heterocycles. The molecule has 3 aromatic rings. The minimum absolute atomic E-state index is 0.391. The molecule has 154 valence electrons. The lowest BCUT2D eigenvalue weighted by Gasteiger charge is -2.19. The molecule has 0 saturated heterocycles. The summed E-state index contributed by atoms with van der Waals surface area (Å²) in [6, 6.07) is 4.54. The summed E-state index contributed by atoms with van der Waals surface area (Å²) in [5.41, 5.74) is 8.59. The van der Waals surface area contributed by atoms with Crippen molar-refractivity contribution in [2.24, 2.45) is 0 Å². The number of hydrogen-bond donors (Lipinski definition) is 1. The predicted molar refractivity (Wildman–Crippen MR) is 116 cm³/mol. The number of aryl methyl sites for hydroxylation is 3. The van der Waals surface area contributed by atoms with Crippen molar-refractivity contribution >= 4 is 11.5 Å². The first-order chi connectivity index (χ1) is 14.0. The highest BCUT2D eigenvalue weighted by Crippen LogP contribution is 2.38. The van der Waals surface area contributed by atoms with E-state index < -0.39 is 0 Å². The molecule has 0 bridgehead atoms. The van der Waals surface area contributed by atoms with E-state index in [1.165, 1.54) is 5.56 Å². The van der Waals surface area contributed by atoms with E-state index in [0.717, 1.165) is 63.7 Å². The van der Waals surface area contributed by atoms with E-state index in [9.17, 15) is 0 Å². The Labute approximate surface area is 172 Å². The van der Waals surface area contributed by atoms with Crippen LogP contribution in [0, 0.1) is 20.8 Å². The van der Waals surface area contributed by atoms with Crippen LogP contribution in [0.5, 0.6) is 5.75 Å². The molecule has 1 aromatic carbocycles. The number of fused-ring (bicyclic) bond motifs is 2. The zero-order valence-corrected chi connectivity index (χ0v) is 18.2. The summed E-state index contributed by atoms with van der Waals surface area (Å²) in [6.45, 7) is 11.8. The van der Waals surface area contributed by atoms with Gasteiger partial charge in [0, 0.05) is 11.6 Å². The van der Waals surface area contributed by atoms with Crippen molar-refractivity contribution in [2.75, 3.05) is 12.4 Å². The van der Waals surface area contributed by atoms with Gasteiger partial charge in [-0.25, -0.2) is 4.98 Å². The Morgan fingerprint density at radius 1 is 1.10 bits per heavy atom. The lowest BCUT2D eigenvalue weighted by molar-refractivity contribution is 0.133. The molecular weight excluding hydrogens is 364 g/mol. The van der Waals surface area contributed by atoms with E-state index >= 15 is 0 Å². The molecular formula is C23H30N4O2. The van der Waals surface area contributed by atoms with E-state index in [0.29, 0.717) is 19.3 Å². The molecule has 0 unspecified atom stereocenters. The van der Waals surface area contributed by atoms with Crippen LogP contribution in [0.25, 0.3) is 16.8 Å². The minimum Gasteiger partial charge on any atom is -0.497 e. The standard InChI is InChI=1S/C23H30N4O2/c1-7-16(8-2)24-22-18-11-29-12-19(18)25-23-21(15(5)26-27(22)23)20-13(3)9-17(28-6)10-14(20)4/h9-10,16,24H,7-8,11-12H2,1-6H3. The Bertz CT molecular complexity index is 1040. The number of nitrogens with zero attached hydrogens (tertiary/aromatic N) is 3. The summed E-state index contributed by atoms with van der Waals surface area (Å²) in [4.78, 5) is 5.00. The summed E-state index contributed by atoms with van der Waals surface area (Å²) >= 11 is 0. The highest BCUT2D eigenvalue weighted by molar-refractivity contribution is 5.85. The first-order valence-electron chi connectivity index (χ1n) is 10.4. The van der Waals surface area contributed by atoms with Crippen LogP contribution in [0.4, 0.5) is 5.82 Å². The fourth-order valence-electron chi connectivity index (χ4n) is 4.32. The normalized spacial score (nSPS) is 13.3. The van der Waals surface area contributed by atoms with Gasteiger partial charge in [0.2, 0.25) is 0 Å². The fraction of sp³-hybridized carbons (Fsp3) is 0.478. The summed E-state index contributed by atoms with van der Waals surface area (Å²) in [6.07, 6.45) is 2.11. The van der Waals surface area contributed by atoms with Gasteiger partial charge in [-0.3, -0.25) is 0 Å². The monoisotopic (exact) mass is 394 g/mol. The summed E-state index contributed by atoms with van der Waals surface area (Å²) < 4.78 is 13.2. The molecule has 0 spiro atoms. The Morgan fingerprint density at radius 3 is 2.41 bits per heavy atom. The summed E-state index contributed by atoms with van der Waals surface area (Å²) in [5, 5.41) is 8.64. The van der Waals surface area contributed by atoms with Crippen LogP contribution in [0.15, 0.2) is 12.1 Å². The Hall–Kier alpha value is -2.60. The van der Waals surface area contributed by atoms with Crippen LogP contribution >= 0.6 is 0 Å². The van der Waals surface area contributed by atoms with E-state index in [1.54, 1.807) is 7.11 Å². The van der Waals surface area contributed by atoms with Crippen LogP contribution in [0.1, 0.15) is 54.8 Å². The quantitative estimate of drug-likeness (QED) is 0.640. The molecule has 0 atom stereocenters. The van der Waals surface area contributed by atoms with Gasteiger partial charge in [-0.2, -0.15) is 9.61 Å². The number of aromatic nitrogens is 3. The number of ether oxygens (including phenoxy) is 2. The maximum Gasteiger partial charge on any atom is 0.165 e. The first-order valence-corrected chi connectivity index (χ1v) is 10.4. The largest absolute Gasteiger partial charge is 0.497 e. The number of methoxy groups -OCH3 is 1. The average Bonchev–Trinajstić information content (AvgIpc) is 3.29. The van der Waals surface area contributed by atoms with Gasteiger partial charge in [0.05, 0.1) is 37.3 Å². The molecule has 6 heteroatoms. The molecule has 1 aliphatic heterocycles. The highest BCUT2D eigenvalue weighted by Gasteiger charge is 2.26. The van der Waals surface area contributed by atoms with Crippen molar-refractivity contribution in [3.05, 3.63) is 40.2 Å². The van der Waals surface area contributed by atoms with Crippen LogP contribution in [-0.2, 0) is 18.0 Å². The lowest BCUT2D eigenvalue weighted by Crippen LogP contribution is -2.21. The first kappa shape index (κ1) is 19.7. The molecule has 0 aliphatic carbocycles. The molecule has 29 heavy (non-hydrogen) atoms. The molecule has 0 amide bonds. The predicted octanol–water partition coefficient (Wildman–Crippen LogP) is 4.96. The molecule has 1 N–H and O–H groups in total. The van der Waals surface area contributed by atoms with E-state index in [-0.39, 0.29) is 0 Å². The smallest absolute Gasteiger partial charge is 0.165 e. The lowest BCUT2D eigenvalue weighted by atomic mass is 9.95. The van der Waals surface area contributed by atoms with Crippen molar-refractivity contribution in [2.45, 2.75) is 66.7 Å². The zero-order chi connectivity index (χ0) is 20.7. The number of nitrogens with one attached hydrogen (secondary N) is 1. The Kier molecular flexibility index (Phi) is 5.21. The van der Waals surface area contributed by atoms with Crippen LogP contribution < -0.4 is 10.1 Å². The van der Waals surface area contributed by atoms with E-state index in [1.807, 2.05) is 4.52 Å². The summed E-state index contributed by atoms with van der Waals surface area (Å²) in [5.74, 6) is 1.89. The van der Waals surface area contributed by atoms with Crippen molar-refractivity contribution in [1.82, 2.24) is 14.6 Å². The Balaban J connectivity index is 1.98. The van der Waals surface area contributed by atoms with Gasteiger partial charge in [-0.15, -0.1) is 0 Å². The molecule has 3 heterocycles. The maximum atomic E-state index is 5.74. The molecule has 0 saturated carbocycles. The van der Waals surface area contributed by atoms with Crippen LogP contribution in [-0.4, -0.2) is 27.7 Å². The third-order valence-corrected chi connectivity index (χ3v) is 5.93. The molecule has 4 rings (SSSR count). The van der Waals surface area contributed by atoms with Crippen molar-refractivity contribution in [3.8, 4) is 16.9 Å².